The van der Waals surface area contributed by atoms with E-state index in [-0.39, 0.29) is 30.1 Å². The van der Waals surface area contributed by atoms with E-state index in [1.807, 2.05) is 6.92 Å². The van der Waals surface area contributed by atoms with Crippen LogP contribution in [-0.4, -0.2) is 26.5 Å². The van der Waals surface area contributed by atoms with Gasteiger partial charge in [0.2, 0.25) is 5.91 Å². The normalized spacial score (nSPS) is 10.8. The van der Waals surface area contributed by atoms with Gasteiger partial charge in [0.1, 0.15) is 5.82 Å². The molecule has 8 heteroatoms. The summed E-state index contributed by atoms with van der Waals surface area (Å²) in [5.41, 5.74) is 3.24. The summed E-state index contributed by atoms with van der Waals surface area (Å²) >= 11 is 6.07. The third-order valence-electron chi connectivity index (χ3n) is 4.99. The highest BCUT2D eigenvalue weighted by molar-refractivity contribution is 6.33. The molecule has 2 aromatic carbocycles. The monoisotopic (exact) mass is 462 g/mol. The molecular weight excluding hydrogens is 443 g/mol. The molecule has 0 aliphatic carbocycles. The van der Waals surface area contributed by atoms with Crippen molar-refractivity contribution >= 4 is 29.0 Å². The van der Waals surface area contributed by atoms with Crippen molar-refractivity contribution in [2.45, 2.75) is 19.8 Å². The molecule has 6 nitrogen and oxygen atoms in total. The first-order valence-electron chi connectivity index (χ1n) is 10.2. The molecule has 0 aliphatic heterocycles. The zero-order valence-electron chi connectivity index (χ0n) is 17.8. The molecule has 0 unspecified atom stereocenters. The van der Waals surface area contributed by atoms with Crippen LogP contribution in [-0.2, 0) is 17.6 Å². The van der Waals surface area contributed by atoms with Gasteiger partial charge in [0.15, 0.2) is 5.78 Å². The van der Waals surface area contributed by atoms with Crippen molar-refractivity contribution in [3.05, 3.63) is 106 Å². The zero-order valence-corrected chi connectivity index (χ0v) is 18.5. The first-order chi connectivity index (χ1) is 15.9. The summed E-state index contributed by atoms with van der Waals surface area (Å²) in [6, 6.07) is 14.7. The van der Waals surface area contributed by atoms with Crippen LogP contribution in [0.1, 0.15) is 27.2 Å². The zero-order chi connectivity index (χ0) is 23.4. The summed E-state index contributed by atoms with van der Waals surface area (Å²) in [6.07, 6.45) is 4.99. The van der Waals surface area contributed by atoms with Gasteiger partial charge in [-0.2, -0.15) is 5.10 Å². The van der Waals surface area contributed by atoms with Gasteiger partial charge in [0.05, 0.1) is 34.6 Å². The number of nitrogens with zero attached hydrogens (tertiary/aromatic N) is 3. The maximum Gasteiger partial charge on any atom is 0.228 e. The lowest BCUT2D eigenvalue weighted by Crippen LogP contribution is -2.14. The van der Waals surface area contributed by atoms with Gasteiger partial charge in [-0.05, 0) is 60.5 Å². The maximum absolute atomic E-state index is 14.4. The molecule has 0 saturated carbocycles. The first kappa shape index (κ1) is 22.4. The number of anilines is 1. The Balaban J connectivity index is 1.48. The van der Waals surface area contributed by atoms with Gasteiger partial charge >= 0.3 is 0 Å². The van der Waals surface area contributed by atoms with Gasteiger partial charge in [0, 0.05) is 24.5 Å². The molecule has 1 amide bonds. The fourth-order valence-electron chi connectivity index (χ4n) is 3.40. The van der Waals surface area contributed by atoms with Crippen molar-refractivity contribution in [2.75, 3.05) is 5.32 Å². The second-order valence-electron chi connectivity index (χ2n) is 7.57. The molecule has 0 atom stereocenters. The summed E-state index contributed by atoms with van der Waals surface area (Å²) < 4.78 is 15.9. The number of aryl methyl sites for hydroxylation is 1. The number of carbonyl (C=O) groups excluding carboxylic acids is 2. The molecule has 2 heterocycles. The molecule has 4 rings (SSSR count). The van der Waals surface area contributed by atoms with Crippen LogP contribution in [0, 0.1) is 12.7 Å². The topological polar surface area (TPSA) is 76.9 Å². The second-order valence-corrected chi connectivity index (χ2v) is 7.97. The van der Waals surface area contributed by atoms with Crippen molar-refractivity contribution in [2.24, 2.45) is 0 Å². The molecule has 0 fully saturated rings. The quantitative estimate of drug-likeness (QED) is 0.393. The standard InChI is InChI=1S/C25H20ClFN4O2/c1-16-10-17(8-9-28-16)11-24(32)20-13-19(6-7-22(20)27)31-15-18(14-29-31)12-25(33)30-23-5-3-2-4-21(23)26/h2-10,13-15H,11-12H2,1H3,(H,30,33). The third kappa shape index (κ3) is 5.51. The molecule has 0 spiro atoms. The summed E-state index contributed by atoms with van der Waals surface area (Å²) in [4.78, 5) is 29.2. The number of rotatable bonds is 7. The smallest absolute Gasteiger partial charge is 0.228 e. The molecule has 4 aromatic rings. The summed E-state index contributed by atoms with van der Waals surface area (Å²) in [5.74, 6) is -1.18. The lowest BCUT2D eigenvalue weighted by atomic mass is 10.0. The average molecular weight is 463 g/mol. The maximum atomic E-state index is 14.4. The Bertz CT molecular complexity index is 1340. The Hall–Kier alpha value is -3.84. The van der Waals surface area contributed by atoms with Gasteiger partial charge in [-0.3, -0.25) is 14.6 Å². The Morgan fingerprint density at radius 2 is 1.88 bits per heavy atom. The number of ketones is 1. The number of benzene rings is 2. The van der Waals surface area contributed by atoms with Gasteiger partial charge < -0.3 is 5.32 Å². The highest BCUT2D eigenvalue weighted by Gasteiger charge is 2.15. The van der Waals surface area contributed by atoms with Crippen molar-refractivity contribution in [3.63, 3.8) is 0 Å². The van der Waals surface area contributed by atoms with Crippen LogP contribution in [0.2, 0.25) is 5.02 Å². The molecule has 166 valence electrons. The largest absolute Gasteiger partial charge is 0.324 e. The minimum atomic E-state index is -0.596. The Morgan fingerprint density at radius 1 is 1.06 bits per heavy atom. The fourth-order valence-corrected chi connectivity index (χ4v) is 3.58. The van der Waals surface area contributed by atoms with E-state index in [0.29, 0.717) is 22.0 Å². The van der Waals surface area contributed by atoms with E-state index < -0.39 is 5.82 Å². The van der Waals surface area contributed by atoms with Crippen molar-refractivity contribution < 1.29 is 14.0 Å². The molecule has 0 aliphatic rings. The van der Waals surface area contributed by atoms with Crippen LogP contribution in [0.25, 0.3) is 5.69 Å². The molecular formula is C25H20ClFN4O2. The van der Waals surface area contributed by atoms with Crippen molar-refractivity contribution in [3.8, 4) is 5.69 Å². The molecule has 0 bridgehead atoms. The Kier molecular flexibility index (Phi) is 6.60. The van der Waals surface area contributed by atoms with Crippen LogP contribution in [0.4, 0.5) is 10.1 Å². The summed E-state index contributed by atoms with van der Waals surface area (Å²) in [6.45, 7) is 1.83. The van der Waals surface area contributed by atoms with E-state index in [2.05, 4.69) is 15.4 Å². The van der Waals surface area contributed by atoms with Gasteiger partial charge in [-0.15, -0.1) is 0 Å². The van der Waals surface area contributed by atoms with E-state index in [0.717, 1.165) is 11.3 Å². The van der Waals surface area contributed by atoms with E-state index in [1.165, 1.54) is 22.9 Å². The van der Waals surface area contributed by atoms with E-state index in [4.69, 9.17) is 11.6 Å². The van der Waals surface area contributed by atoms with Crippen LogP contribution >= 0.6 is 11.6 Å². The Morgan fingerprint density at radius 3 is 2.67 bits per heavy atom. The highest BCUT2D eigenvalue weighted by Crippen LogP contribution is 2.21. The number of aromatic nitrogens is 3. The molecule has 0 radical (unpaired) electrons. The molecule has 1 N–H and O–H groups in total. The molecule has 33 heavy (non-hydrogen) atoms. The minimum absolute atomic E-state index is 0.0181. The lowest BCUT2D eigenvalue weighted by Gasteiger charge is -2.07. The molecule has 2 aromatic heterocycles. The predicted molar refractivity (Wildman–Crippen MR) is 124 cm³/mol. The van der Waals surface area contributed by atoms with Gasteiger partial charge in [-0.1, -0.05) is 23.7 Å². The van der Waals surface area contributed by atoms with Crippen molar-refractivity contribution in [1.82, 2.24) is 14.8 Å². The van der Waals surface area contributed by atoms with E-state index in [1.54, 1.807) is 55.0 Å². The lowest BCUT2D eigenvalue weighted by molar-refractivity contribution is -0.115. The second kappa shape index (κ2) is 9.75. The first-order valence-corrected chi connectivity index (χ1v) is 10.6. The Labute approximate surface area is 195 Å². The number of pyridine rings is 1. The van der Waals surface area contributed by atoms with E-state index in [9.17, 15) is 14.0 Å². The fraction of sp³-hybridized carbons (Fsp3) is 0.120. The number of carbonyl (C=O) groups is 2. The number of amides is 1. The SMILES string of the molecule is Cc1cc(CC(=O)c2cc(-n3cc(CC(=O)Nc4ccccc4Cl)cn3)ccc2F)ccn1. The number of hydrogen-bond acceptors (Lipinski definition) is 4. The number of hydrogen-bond donors (Lipinski definition) is 1. The average Bonchev–Trinajstić information content (AvgIpc) is 3.24. The predicted octanol–water partition coefficient (Wildman–Crippen LogP) is 4.97. The van der Waals surface area contributed by atoms with Gasteiger partial charge in [0.25, 0.3) is 0 Å². The third-order valence-corrected chi connectivity index (χ3v) is 5.32. The van der Waals surface area contributed by atoms with Crippen LogP contribution < -0.4 is 5.32 Å². The highest BCUT2D eigenvalue weighted by atomic mass is 35.5. The van der Waals surface area contributed by atoms with E-state index >= 15 is 0 Å². The number of para-hydroxylation sites is 1. The van der Waals surface area contributed by atoms with Crippen LogP contribution in [0.15, 0.2) is 73.2 Å². The van der Waals surface area contributed by atoms with Crippen molar-refractivity contribution in [1.29, 1.82) is 0 Å². The summed E-state index contributed by atoms with van der Waals surface area (Å²) in [5, 5.41) is 7.47. The number of nitrogens with one attached hydrogen (secondary N) is 1. The summed E-state index contributed by atoms with van der Waals surface area (Å²) in [7, 11) is 0. The van der Waals surface area contributed by atoms with Crippen LogP contribution in [0.5, 0.6) is 0 Å². The van der Waals surface area contributed by atoms with Gasteiger partial charge in [-0.25, -0.2) is 9.07 Å². The number of halogens is 2. The molecule has 0 saturated heterocycles. The van der Waals surface area contributed by atoms with Crippen LogP contribution in [0.3, 0.4) is 0 Å². The minimum Gasteiger partial charge on any atom is -0.324 e. The number of Topliss-reactive ketones (excluding diaryl/α,β-unsaturated/α-hetero) is 1.